The fourth-order valence-electron chi connectivity index (χ4n) is 1.50. The number of nitrogens with two attached hydrogens (primary N) is 1. The molecule has 3 N–H and O–H groups in total. The summed E-state index contributed by atoms with van der Waals surface area (Å²) in [5, 5.41) is 11.2. The van der Waals surface area contributed by atoms with Gasteiger partial charge in [-0.25, -0.2) is 13.8 Å². The second-order valence-corrected chi connectivity index (χ2v) is 3.84. The standard InChI is InChI=1S/C13H10F2N4/c14-10-7-11(15)13(19-12(10)17)18-9-3-1-8(2-4-9)5-6-16/h1-4,7H,5H2,(H3,17,18,19). The van der Waals surface area contributed by atoms with Crippen molar-refractivity contribution in [2.45, 2.75) is 6.42 Å². The van der Waals surface area contributed by atoms with E-state index in [2.05, 4.69) is 10.3 Å². The molecule has 0 radical (unpaired) electrons. The van der Waals surface area contributed by atoms with Gasteiger partial charge in [0.05, 0.1) is 12.5 Å². The highest BCUT2D eigenvalue weighted by atomic mass is 19.1. The second kappa shape index (κ2) is 5.31. The molecule has 0 saturated carbocycles. The predicted octanol–water partition coefficient (Wildman–Crippen LogP) is 2.75. The Hall–Kier alpha value is -2.68. The van der Waals surface area contributed by atoms with Gasteiger partial charge in [0.25, 0.3) is 0 Å². The summed E-state index contributed by atoms with van der Waals surface area (Å²) in [6, 6.07) is 9.51. The van der Waals surface area contributed by atoms with Gasteiger partial charge in [-0.3, -0.25) is 0 Å². The van der Waals surface area contributed by atoms with Gasteiger partial charge in [-0.05, 0) is 17.7 Å². The van der Waals surface area contributed by atoms with Crippen LogP contribution in [-0.4, -0.2) is 4.98 Å². The number of aromatic nitrogens is 1. The minimum absolute atomic E-state index is 0.146. The van der Waals surface area contributed by atoms with E-state index in [0.29, 0.717) is 18.2 Å². The maximum atomic E-state index is 13.5. The lowest BCUT2D eigenvalue weighted by Crippen LogP contribution is -2.03. The minimum atomic E-state index is -0.896. The van der Waals surface area contributed by atoms with Crippen molar-refractivity contribution in [1.29, 1.82) is 5.26 Å². The molecular formula is C13H10F2N4. The Bertz CT molecular complexity index is 632. The first kappa shape index (κ1) is 12.8. The molecule has 0 aliphatic carbocycles. The number of nitrogens with one attached hydrogen (secondary N) is 1. The zero-order valence-corrected chi connectivity index (χ0v) is 9.82. The number of hydrogen-bond donors (Lipinski definition) is 2. The molecule has 2 aromatic rings. The lowest BCUT2D eigenvalue weighted by atomic mass is 10.1. The summed E-state index contributed by atoms with van der Waals surface area (Å²) in [5.41, 5.74) is 6.69. The van der Waals surface area contributed by atoms with Gasteiger partial charge >= 0.3 is 0 Å². The van der Waals surface area contributed by atoms with Crippen molar-refractivity contribution in [1.82, 2.24) is 4.98 Å². The Morgan fingerprint density at radius 1 is 1.21 bits per heavy atom. The fourth-order valence-corrected chi connectivity index (χ4v) is 1.50. The van der Waals surface area contributed by atoms with Crippen LogP contribution in [-0.2, 0) is 6.42 Å². The molecule has 0 amide bonds. The Kier molecular flexibility index (Phi) is 3.57. The second-order valence-electron chi connectivity index (χ2n) is 3.84. The predicted molar refractivity (Wildman–Crippen MR) is 67.6 cm³/mol. The van der Waals surface area contributed by atoms with Gasteiger partial charge in [0.15, 0.2) is 23.3 Å². The minimum Gasteiger partial charge on any atom is -0.381 e. The molecule has 0 spiro atoms. The van der Waals surface area contributed by atoms with Crippen LogP contribution in [0.15, 0.2) is 30.3 Å². The molecule has 4 nitrogen and oxygen atoms in total. The zero-order valence-electron chi connectivity index (χ0n) is 9.82. The van der Waals surface area contributed by atoms with Crippen molar-refractivity contribution in [3.63, 3.8) is 0 Å². The monoisotopic (exact) mass is 260 g/mol. The molecular weight excluding hydrogens is 250 g/mol. The zero-order chi connectivity index (χ0) is 13.8. The number of nitriles is 1. The van der Waals surface area contributed by atoms with E-state index >= 15 is 0 Å². The maximum Gasteiger partial charge on any atom is 0.169 e. The largest absolute Gasteiger partial charge is 0.381 e. The number of rotatable bonds is 3. The van der Waals surface area contributed by atoms with E-state index < -0.39 is 11.6 Å². The van der Waals surface area contributed by atoms with E-state index in [1.54, 1.807) is 24.3 Å². The number of hydrogen-bond acceptors (Lipinski definition) is 4. The summed E-state index contributed by atoms with van der Waals surface area (Å²) in [6.45, 7) is 0. The topological polar surface area (TPSA) is 74.7 Å². The lowest BCUT2D eigenvalue weighted by molar-refractivity contribution is 0.581. The summed E-state index contributed by atoms with van der Waals surface area (Å²) in [5.74, 6) is -2.24. The third-order valence-corrected chi connectivity index (χ3v) is 2.46. The van der Waals surface area contributed by atoms with Gasteiger partial charge < -0.3 is 11.1 Å². The van der Waals surface area contributed by atoms with Crippen LogP contribution in [0.1, 0.15) is 5.56 Å². The molecule has 96 valence electrons. The van der Waals surface area contributed by atoms with E-state index in [0.717, 1.165) is 5.56 Å². The van der Waals surface area contributed by atoms with Gasteiger partial charge in [0.1, 0.15) is 0 Å². The van der Waals surface area contributed by atoms with Crippen molar-refractivity contribution in [3.05, 3.63) is 47.5 Å². The highest BCUT2D eigenvalue weighted by Crippen LogP contribution is 2.21. The Balaban J connectivity index is 2.22. The van der Waals surface area contributed by atoms with Crippen LogP contribution >= 0.6 is 0 Å². The number of benzene rings is 1. The molecule has 2 rings (SSSR count). The summed E-state index contributed by atoms with van der Waals surface area (Å²) in [4.78, 5) is 3.59. The normalized spacial score (nSPS) is 9.95. The van der Waals surface area contributed by atoms with Crippen LogP contribution in [0, 0.1) is 23.0 Å². The number of halogens is 2. The molecule has 0 atom stereocenters. The molecule has 0 saturated heterocycles. The third kappa shape index (κ3) is 2.96. The average Bonchev–Trinajstić information content (AvgIpc) is 2.38. The van der Waals surface area contributed by atoms with Crippen LogP contribution in [0.3, 0.4) is 0 Å². The first-order valence-electron chi connectivity index (χ1n) is 5.44. The van der Waals surface area contributed by atoms with Crippen molar-refractivity contribution < 1.29 is 8.78 Å². The molecule has 1 aromatic carbocycles. The van der Waals surface area contributed by atoms with Crippen LogP contribution in [0.2, 0.25) is 0 Å². The SMILES string of the molecule is N#CCc1ccc(Nc2nc(N)c(F)cc2F)cc1. The quantitative estimate of drug-likeness (QED) is 0.889. The first-order chi connectivity index (χ1) is 9.10. The summed E-state index contributed by atoms with van der Waals surface area (Å²) in [6.07, 6.45) is 0.302. The Morgan fingerprint density at radius 2 is 1.89 bits per heavy atom. The number of anilines is 3. The first-order valence-corrected chi connectivity index (χ1v) is 5.44. The van der Waals surface area contributed by atoms with Crippen LogP contribution in [0.5, 0.6) is 0 Å². The van der Waals surface area contributed by atoms with E-state index in [-0.39, 0.29) is 11.6 Å². The van der Waals surface area contributed by atoms with Crippen molar-refractivity contribution in [3.8, 4) is 6.07 Å². The summed E-state index contributed by atoms with van der Waals surface area (Å²) >= 11 is 0. The molecule has 19 heavy (non-hydrogen) atoms. The number of pyridine rings is 1. The summed E-state index contributed by atoms with van der Waals surface area (Å²) in [7, 11) is 0. The van der Waals surface area contributed by atoms with Crippen LogP contribution in [0.25, 0.3) is 0 Å². The highest BCUT2D eigenvalue weighted by Gasteiger charge is 2.09. The van der Waals surface area contributed by atoms with Crippen molar-refractivity contribution >= 4 is 17.3 Å². The summed E-state index contributed by atoms with van der Waals surface area (Å²) < 4.78 is 26.4. The molecule has 0 aliphatic rings. The van der Waals surface area contributed by atoms with Crippen molar-refractivity contribution in [2.75, 3.05) is 11.1 Å². The van der Waals surface area contributed by atoms with Crippen LogP contribution in [0.4, 0.5) is 26.1 Å². The average molecular weight is 260 g/mol. The van der Waals surface area contributed by atoms with Gasteiger partial charge in [-0.2, -0.15) is 5.26 Å². The molecule has 1 aromatic heterocycles. The van der Waals surface area contributed by atoms with E-state index in [9.17, 15) is 8.78 Å². The fraction of sp³-hybridized carbons (Fsp3) is 0.0769. The van der Waals surface area contributed by atoms with Gasteiger partial charge in [0, 0.05) is 11.8 Å². The number of nitrogen functional groups attached to an aromatic ring is 1. The van der Waals surface area contributed by atoms with Crippen molar-refractivity contribution in [2.24, 2.45) is 0 Å². The van der Waals surface area contributed by atoms with Gasteiger partial charge in [0.2, 0.25) is 0 Å². The molecule has 6 heteroatoms. The van der Waals surface area contributed by atoms with Crippen LogP contribution < -0.4 is 11.1 Å². The third-order valence-electron chi connectivity index (χ3n) is 2.46. The molecule has 0 bridgehead atoms. The van der Waals surface area contributed by atoms with E-state index in [1.165, 1.54) is 0 Å². The maximum absolute atomic E-state index is 13.5. The van der Waals surface area contributed by atoms with E-state index in [4.69, 9.17) is 11.0 Å². The van der Waals surface area contributed by atoms with Gasteiger partial charge in [-0.15, -0.1) is 0 Å². The molecule has 0 unspecified atom stereocenters. The molecule has 0 fully saturated rings. The highest BCUT2D eigenvalue weighted by molar-refractivity contribution is 5.58. The smallest absolute Gasteiger partial charge is 0.169 e. The number of nitrogens with zero attached hydrogens (tertiary/aromatic N) is 2. The Morgan fingerprint density at radius 3 is 2.53 bits per heavy atom. The molecule has 1 heterocycles. The lowest BCUT2D eigenvalue weighted by Gasteiger charge is -2.08. The molecule has 0 aliphatic heterocycles. The van der Waals surface area contributed by atoms with E-state index in [1.807, 2.05) is 6.07 Å². The Labute approximate surface area is 108 Å². The van der Waals surface area contributed by atoms with Gasteiger partial charge in [-0.1, -0.05) is 12.1 Å².